The van der Waals surface area contributed by atoms with Gasteiger partial charge in [-0.25, -0.2) is 4.39 Å². The minimum Gasteiger partial charge on any atom is -0.381 e. The summed E-state index contributed by atoms with van der Waals surface area (Å²) in [6.45, 7) is 3.52. The Kier molecular flexibility index (Phi) is 2.94. The van der Waals surface area contributed by atoms with Crippen LogP contribution in [-0.4, -0.2) is 10.1 Å². The van der Waals surface area contributed by atoms with E-state index in [9.17, 15) is 9.50 Å². The summed E-state index contributed by atoms with van der Waals surface area (Å²) in [4.78, 5) is 3.68. The molecule has 0 radical (unpaired) electrons. The van der Waals surface area contributed by atoms with E-state index in [2.05, 4.69) is 4.98 Å². The third-order valence-corrected chi connectivity index (χ3v) is 2.88. The largest absolute Gasteiger partial charge is 0.381 e. The van der Waals surface area contributed by atoms with Crippen molar-refractivity contribution in [2.45, 2.75) is 19.4 Å². The Hall–Kier alpha value is -1.74. The zero-order valence-electron chi connectivity index (χ0n) is 9.81. The maximum absolute atomic E-state index is 13.6. The van der Waals surface area contributed by atoms with Crippen LogP contribution in [0.25, 0.3) is 0 Å². The zero-order valence-corrected chi connectivity index (χ0v) is 9.81. The lowest BCUT2D eigenvalue weighted by Gasteiger charge is -2.25. The second-order valence-electron chi connectivity index (χ2n) is 4.30. The molecule has 17 heavy (non-hydrogen) atoms. The molecule has 88 valence electrons. The van der Waals surface area contributed by atoms with Crippen molar-refractivity contribution >= 4 is 0 Å². The standard InChI is InChI=1S/C14H14FNO/c1-10-4-3-5-11(8-10)14(2,17)12-6-7-16-9-13(12)15/h3-9,17H,1-2H3. The van der Waals surface area contributed by atoms with E-state index in [1.54, 1.807) is 13.0 Å². The first-order valence-electron chi connectivity index (χ1n) is 5.41. The van der Waals surface area contributed by atoms with Crippen LogP contribution in [0, 0.1) is 12.7 Å². The molecule has 0 saturated carbocycles. The number of rotatable bonds is 2. The molecule has 1 unspecified atom stereocenters. The van der Waals surface area contributed by atoms with Crippen molar-refractivity contribution in [3.05, 3.63) is 65.2 Å². The van der Waals surface area contributed by atoms with Gasteiger partial charge < -0.3 is 5.11 Å². The Balaban J connectivity index is 2.53. The van der Waals surface area contributed by atoms with Crippen molar-refractivity contribution in [2.75, 3.05) is 0 Å². The molecule has 2 nitrogen and oxygen atoms in total. The Morgan fingerprint density at radius 3 is 2.71 bits per heavy atom. The highest BCUT2D eigenvalue weighted by molar-refractivity contribution is 5.36. The molecule has 1 aromatic carbocycles. The summed E-state index contributed by atoms with van der Waals surface area (Å²) in [5, 5.41) is 10.5. The van der Waals surface area contributed by atoms with E-state index in [0.717, 1.165) is 11.8 Å². The van der Waals surface area contributed by atoms with Gasteiger partial charge in [-0.05, 0) is 25.5 Å². The molecule has 1 heterocycles. The van der Waals surface area contributed by atoms with Crippen LogP contribution in [0.4, 0.5) is 4.39 Å². The molecule has 2 rings (SSSR count). The topological polar surface area (TPSA) is 33.1 Å². The Labute approximate surface area is 99.8 Å². The van der Waals surface area contributed by atoms with Crippen LogP contribution in [-0.2, 0) is 5.60 Å². The van der Waals surface area contributed by atoms with Crippen LogP contribution in [0.5, 0.6) is 0 Å². The smallest absolute Gasteiger partial charge is 0.147 e. The van der Waals surface area contributed by atoms with Crippen molar-refractivity contribution in [1.29, 1.82) is 0 Å². The molecule has 0 aliphatic heterocycles. The minimum absolute atomic E-state index is 0.234. The molecule has 3 heteroatoms. The number of benzene rings is 1. The van der Waals surface area contributed by atoms with E-state index in [1.807, 2.05) is 25.1 Å². The number of hydrogen-bond acceptors (Lipinski definition) is 2. The Morgan fingerprint density at radius 2 is 2.06 bits per heavy atom. The van der Waals surface area contributed by atoms with Crippen molar-refractivity contribution < 1.29 is 9.50 Å². The van der Waals surface area contributed by atoms with E-state index in [-0.39, 0.29) is 5.56 Å². The van der Waals surface area contributed by atoms with Crippen LogP contribution in [0.15, 0.2) is 42.7 Å². The van der Waals surface area contributed by atoms with E-state index in [1.165, 1.54) is 12.3 Å². The van der Waals surface area contributed by atoms with Gasteiger partial charge in [0.15, 0.2) is 0 Å². The SMILES string of the molecule is Cc1cccc(C(C)(O)c2ccncc2F)c1. The number of nitrogens with zero attached hydrogens (tertiary/aromatic N) is 1. The highest BCUT2D eigenvalue weighted by Crippen LogP contribution is 2.30. The van der Waals surface area contributed by atoms with Gasteiger partial charge in [-0.15, -0.1) is 0 Å². The predicted molar refractivity (Wildman–Crippen MR) is 64.0 cm³/mol. The van der Waals surface area contributed by atoms with Crippen molar-refractivity contribution in [2.24, 2.45) is 0 Å². The van der Waals surface area contributed by atoms with Crippen LogP contribution in [0.2, 0.25) is 0 Å². The molecule has 1 aromatic heterocycles. The predicted octanol–water partition coefficient (Wildman–Crippen LogP) is 2.78. The summed E-state index contributed by atoms with van der Waals surface area (Å²) < 4.78 is 13.6. The van der Waals surface area contributed by atoms with Crippen LogP contribution in [0.1, 0.15) is 23.6 Å². The monoisotopic (exact) mass is 231 g/mol. The second-order valence-corrected chi connectivity index (χ2v) is 4.30. The number of hydrogen-bond donors (Lipinski definition) is 1. The fourth-order valence-electron chi connectivity index (χ4n) is 1.87. The summed E-state index contributed by atoms with van der Waals surface area (Å²) in [5.41, 5.74) is 0.580. The van der Waals surface area contributed by atoms with Crippen LogP contribution >= 0.6 is 0 Å². The van der Waals surface area contributed by atoms with Crippen LogP contribution < -0.4 is 0 Å². The maximum atomic E-state index is 13.6. The molecular formula is C14H14FNO. The third kappa shape index (κ3) is 2.19. The molecule has 2 aromatic rings. The molecule has 0 saturated heterocycles. The molecule has 0 fully saturated rings. The summed E-state index contributed by atoms with van der Waals surface area (Å²) in [6, 6.07) is 8.91. The molecular weight excluding hydrogens is 217 g/mol. The van der Waals surface area contributed by atoms with Crippen molar-refractivity contribution in [3.63, 3.8) is 0 Å². The van der Waals surface area contributed by atoms with Gasteiger partial charge in [0, 0.05) is 11.8 Å². The lowest BCUT2D eigenvalue weighted by molar-refractivity contribution is 0.0977. The van der Waals surface area contributed by atoms with Gasteiger partial charge in [0.2, 0.25) is 0 Å². The van der Waals surface area contributed by atoms with Crippen LogP contribution in [0.3, 0.4) is 0 Å². The van der Waals surface area contributed by atoms with Gasteiger partial charge in [-0.2, -0.15) is 0 Å². The van der Waals surface area contributed by atoms with Gasteiger partial charge >= 0.3 is 0 Å². The first kappa shape index (κ1) is 11.7. The van der Waals surface area contributed by atoms with E-state index >= 15 is 0 Å². The summed E-state index contributed by atoms with van der Waals surface area (Å²) in [5.74, 6) is -0.501. The molecule has 1 atom stereocenters. The summed E-state index contributed by atoms with van der Waals surface area (Å²) in [7, 11) is 0. The second kappa shape index (κ2) is 4.26. The van der Waals surface area contributed by atoms with Crippen molar-refractivity contribution in [1.82, 2.24) is 4.98 Å². The van der Waals surface area contributed by atoms with Gasteiger partial charge in [-0.3, -0.25) is 4.98 Å². The van der Waals surface area contributed by atoms with Gasteiger partial charge in [0.25, 0.3) is 0 Å². The average molecular weight is 231 g/mol. The molecule has 0 spiro atoms. The third-order valence-electron chi connectivity index (χ3n) is 2.88. The Bertz CT molecular complexity index is 537. The summed E-state index contributed by atoms with van der Waals surface area (Å²) >= 11 is 0. The first-order chi connectivity index (χ1) is 8.01. The Morgan fingerprint density at radius 1 is 1.29 bits per heavy atom. The van der Waals surface area contributed by atoms with E-state index in [0.29, 0.717) is 5.56 Å². The highest BCUT2D eigenvalue weighted by atomic mass is 19.1. The molecule has 0 bridgehead atoms. The number of halogens is 1. The van der Waals surface area contributed by atoms with E-state index < -0.39 is 11.4 Å². The quantitative estimate of drug-likeness (QED) is 0.862. The fraction of sp³-hybridized carbons (Fsp3) is 0.214. The molecule has 0 amide bonds. The van der Waals surface area contributed by atoms with Gasteiger partial charge in [0.05, 0.1) is 6.20 Å². The lowest BCUT2D eigenvalue weighted by Crippen LogP contribution is -2.24. The average Bonchev–Trinajstić information content (AvgIpc) is 2.29. The lowest BCUT2D eigenvalue weighted by atomic mass is 9.88. The van der Waals surface area contributed by atoms with Crippen molar-refractivity contribution in [3.8, 4) is 0 Å². The first-order valence-corrected chi connectivity index (χ1v) is 5.41. The molecule has 0 aliphatic carbocycles. The normalized spacial score (nSPS) is 14.4. The zero-order chi connectivity index (χ0) is 12.5. The number of aliphatic hydroxyl groups is 1. The number of aryl methyl sites for hydroxylation is 1. The maximum Gasteiger partial charge on any atom is 0.147 e. The number of aromatic nitrogens is 1. The fourth-order valence-corrected chi connectivity index (χ4v) is 1.87. The minimum atomic E-state index is -1.35. The van der Waals surface area contributed by atoms with Gasteiger partial charge in [-0.1, -0.05) is 29.8 Å². The molecule has 0 aliphatic rings. The molecule has 1 N–H and O–H groups in total. The van der Waals surface area contributed by atoms with E-state index in [4.69, 9.17) is 0 Å². The summed E-state index contributed by atoms with van der Waals surface area (Å²) in [6.07, 6.45) is 2.59. The number of pyridine rings is 1. The highest BCUT2D eigenvalue weighted by Gasteiger charge is 2.28. The van der Waals surface area contributed by atoms with Gasteiger partial charge in [0.1, 0.15) is 11.4 Å².